The van der Waals surface area contributed by atoms with Crippen LogP contribution in [0.15, 0.2) is 42.5 Å². The summed E-state index contributed by atoms with van der Waals surface area (Å²) in [5, 5.41) is 21.6. The maximum atomic E-state index is 10.8. The fraction of sp³-hybridized carbons (Fsp3) is 0.500. The van der Waals surface area contributed by atoms with E-state index in [1.165, 1.54) is 24.8 Å². The van der Waals surface area contributed by atoms with Crippen LogP contribution in [0.1, 0.15) is 76.0 Å². The third-order valence-electron chi connectivity index (χ3n) is 6.33. The molecule has 0 spiro atoms. The lowest BCUT2D eigenvalue weighted by Crippen LogP contribution is -2.26. The number of phenols is 2. The van der Waals surface area contributed by atoms with Gasteiger partial charge in [0.25, 0.3) is 0 Å². The highest BCUT2D eigenvalue weighted by Crippen LogP contribution is 2.46. The van der Waals surface area contributed by atoms with Crippen molar-refractivity contribution >= 4 is 0 Å². The Kier molecular flexibility index (Phi) is 5.32. The van der Waals surface area contributed by atoms with Gasteiger partial charge in [-0.25, -0.2) is 0 Å². The van der Waals surface area contributed by atoms with E-state index in [0.29, 0.717) is 11.5 Å². The van der Waals surface area contributed by atoms with Crippen molar-refractivity contribution in [3.63, 3.8) is 0 Å². The third-order valence-corrected chi connectivity index (χ3v) is 6.33. The number of phenolic OH excluding ortho intramolecular Hbond substituents is 2. The summed E-state index contributed by atoms with van der Waals surface area (Å²) in [4.78, 5) is 0. The summed E-state index contributed by atoms with van der Waals surface area (Å²) in [5.41, 5.74) is 2.83. The van der Waals surface area contributed by atoms with Gasteiger partial charge >= 0.3 is 0 Å². The van der Waals surface area contributed by atoms with Gasteiger partial charge < -0.3 is 10.2 Å². The van der Waals surface area contributed by atoms with Crippen molar-refractivity contribution in [1.82, 2.24) is 0 Å². The average molecular weight is 353 g/mol. The smallest absolute Gasteiger partial charge is 0.119 e. The molecule has 3 rings (SSSR count). The maximum Gasteiger partial charge on any atom is 0.119 e. The normalized spacial score (nSPS) is 17.2. The van der Waals surface area contributed by atoms with Gasteiger partial charge in [-0.3, -0.25) is 0 Å². The zero-order chi connectivity index (χ0) is 18.8. The highest BCUT2D eigenvalue weighted by atomic mass is 16.3. The minimum atomic E-state index is -0.205. The maximum absolute atomic E-state index is 10.8. The molecule has 0 aromatic heterocycles. The number of aryl methyl sites for hydroxylation is 1. The SMILES string of the molecule is CC(C)(CCc1ccccc1)c1cc(O)c(C2(C)CCCCC2)cc1O. The molecule has 1 fully saturated rings. The van der Waals surface area contributed by atoms with E-state index >= 15 is 0 Å². The molecule has 0 saturated heterocycles. The molecule has 2 aromatic carbocycles. The van der Waals surface area contributed by atoms with E-state index in [0.717, 1.165) is 36.8 Å². The first kappa shape index (κ1) is 18.8. The van der Waals surface area contributed by atoms with Gasteiger partial charge in [0.2, 0.25) is 0 Å². The predicted molar refractivity (Wildman–Crippen MR) is 108 cm³/mol. The number of benzene rings is 2. The molecule has 0 amide bonds. The Balaban J connectivity index is 1.84. The van der Waals surface area contributed by atoms with Crippen molar-refractivity contribution in [3.05, 3.63) is 59.2 Å². The third kappa shape index (κ3) is 3.90. The Labute approximate surface area is 157 Å². The first-order valence-electron chi connectivity index (χ1n) is 9.93. The van der Waals surface area contributed by atoms with Crippen LogP contribution in [-0.4, -0.2) is 10.2 Å². The molecule has 2 nitrogen and oxygen atoms in total. The molecule has 1 saturated carbocycles. The number of rotatable bonds is 5. The number of aromatic hydroxyl groups is 2. The fourth-order valence-corrected chi connectivity index (χ4v) is 4.44. The molecule has 0 unspecified atom stereocenters. The van der Waals surface area contributed by atoms with Crippen LogP contribution in [0.5, 0.6) is 11.5 Å². The molecule has 2 N–H and O–H groups in total. The van der Waals surface area contributed by atoms with E-state index in [1.54, 1.807) is 0 Å². The second-order valence-corrected chi connectivity index (χ2v) is 8.88. The highest BCUT2D eigenvalue weighted by molar-refractivity contribution is 5.51. The molecule has 2 heteroatoms. The summed E-state index contributed by atoms with van der Waals surface area (Å²) in [6.45, 7) is 6.51. The molecule has 0 atom stereocenters. The van der Waals surface area contributed by atoms with Crippen LogP contribution in [0.4, 0.5) is 0 Å². The van der Waals surface area contributed by atoms with Gasteiger partial charge in [-0.1, -0.05) is 70.4 Å². The van der Waals surface area contributed by atoms with E-state index in [1.807, 2.05) is 18.2 Å². The minimum absolute atomic E-state index is 0.0213. The van der Waals surface area contributed by atoms with E-state index in [-0.39, 0.29) is 10.8 Å². The molecule has 0 radical (unpaired) electrons. The van der Waals surface area contributed by atoms with E-state index in [9.17, 15) is 10.2 Å². The van der Waals surface area contributed by atoms with Gasteiger partial charge in [-0.05, 0) is 54.2 Å². The number of hydrogen-bond acceptors (Lipinski definition) is 2. The monoisotopic (exact) mass is 352 g/mol. The summed E-state index contributed by atoms with van der Waals surface area (Å²) in [5.74, 6) is 0.664. The first-order valence-corrected chi connectivity index (χ1v) is 9.93. The molecule has 1 aliphatic rings. The number of hydrogen-bond donors (Lipinski definition) is 2. The fourth-order valence-electron chi connectivity index (χ4n) is 4.44. The molecule has 140 valence electrons. The molecular formula is C24H32O2. The zero-order valence-electron chi connectivity index (χ0n) is 16.4. The summed E-state index contributed by atoms with van der Waals surface area (Å²) in [6.07, 6.45) is 7.69. The van der Waals surface area contributed by atoms with Crippen molar-refractivity contribution in [1.29, 1.82) is 0 Å². The highest BCUT2D eigenvalue weighted by Gasteiger charge is 2.33. The standard InChI is InChI=1S/C24H32O2/c1-23(2,15-12-18-10-6-4-7-11-18)19-16-22(26)20(17-21(19)25)24(3)13-8-5-9-14-24/h4,6-7,10-11,16-17,25-26H,5,8-9,12-15H2,1-3H3. The molecule has 1 aliphatic carbocycles. The van der Waals surface area contributed by atoms with Gasteiger partial charge in [0.05, 0.1) is 0 Å². The van der Waals surface area contributed by atoms with Crippen LogP contribution in [0, 0.1) is 0 Å². The molecule has 0 heterocycles. The summed E-state index contributed by atoms with van der Waals surface area (Å²) in [6, 6.07) is 14.1. The average Bonchev–Trinajstić information content (AvgIpc) is 2.63. The van der Waals surface area contributed by atoms with Crippen molar-refractivity contribution in [2.75, 3.05) is 0 Å². The van der Waals surface area contributed by atoms with Crippen LogP contribution in [0.2, 0.25) is 0 Å². The lowest BCUT2D eigenvalue weighted by molar-refractivity contribution is 0.305. The zero-order valence-corrected chi connectivity index (χ0v) is 16.4. The predicted octanol–water partition coefficient (Wildman–Crippen LogP) is 6.23. The Morgan fingerprint density at radius 3 is 2.23 bits per heavy atom. The minimum Gasteiger partial charge on any atom is -0.508 e. The Bertz CT molecular complexity index is 740. The Hall–Kier alpha value is -1.96. The van der Waals surface area contributed by atoms with Crippen molar-refractivity contribution in [2.24, 2.45) is 0 Å². The van der Waals surface area contributed by atoms with Crippen molar-refractivity contribution < 1.29 is 10.2 Å². The summed E-state index contributed by atoms with van der Waals surface area (Å²) in [7, 11) is 0. The molecular weight excluding hydrogens is 320 g/mol. The van der Waals surface area contributed by atoms with Crippen LogP contribution < -0.4 is 0 Å². The van der Waals surface area contributed by atoms with Crippen LogP contribution in [0.25, 0.3) is 0 Å². The lowest BCUT2D eigenvalue weighted by Gasteiger charge is -2.36. The van der Waals surface area contributed by atoms with E-state index < -0.39 is 0 Å². The van der Waals surface area contributed by atoms with E-state index in [4.69, 9.17) is 0 Å². The summed E-state index contributed by atoms with van der Waals surface area (Å²) >= 11 is 0. The lowest BCUT2D eigenvalue weighted by atomic mass is 9.69. The molecule has 26 heavy (non-hydrogen) atoms. The molecule has 0 aliphatic heterocycles. The van der Waals surface area contributed by atoms with Crippen molar-refractivity contribution in [3.8, 4) is 11.5 Å². The van der Waals surface area contributed by atoms with Gasteiger partial charge in [0.1, 0.15) is 11.5 Å². The topological polar surface area (TPSA) is 40.5 Å². The first-order chi connectivity index (χ1) is 12.3. The van der Waals surface area contributed by atoms with Gasteiger partial charge in [-0.2, -0.15) is 0 Å². The second kappa shape index (κ2) is 7.34. The van der Waals surface area contributed by atoms with Crippen LogP contribution >= 0.6 is 0 Å². The van der Waals surface area contributed by atoms with Gasteiger partial charge in [0, 0.05) is 11.1 Å². The van der Waals surface area contributed by atoms with E-state index in [2.05, 4.69) is 45.0 Å². The Morgan fingerprint density at radius 2 is 1.58 bits per heavy atom. The van der Waals surface area contributed by atoms with Gasteiger partial charge in [0.15, 0.2) is 0 Å². The Morgan fingerprint density at radius 1 is 0.923 bits per heavy atom. The van der Waals surface area contributed by atoms with Crippen LogP contribution in [-0.2, 0) is 17.3 Å². The second-order valence-electron chi connectivity index (χ2n) is 8.88. The molecule has 2 aromatic rings. The van der Waals surface area contributed by atoms with Crippen LogP contribution in [0.3, 0.4) is 0 Å². The van der Waals surface area contributed by atoms with Gasteiger partial charge in [-0.15, -0.1) is 0 Å². The quantitative estimate of drug-likeness (QED) is 0.626. The molecule has 0 bridgehead atoms. The largest absolute Gasteiger partial charge is 0.508 e. The summed E-state index contributed by atoms with van der Waals surface area (Å²) < 4.78 is 0. The van der Waals surface area contributed by atoms with Crippen molar-refractivity contribution in [2.45, 2.75) is 76.5 Å².